The molecule has 1 aliphatic rings. The molecule has 0 radical (unpaired) electrons. The summed E-state index contributed by atoms with van der Waals surface area (Å²) in [5, 5.41) is 0. The van der Waals surface area contributed by atoms with Gasteiger partial charge in [-0.15, -0.1) is 0 Å². The third-order valence-electron chi connectivity index (χ3n) is 3.78. The molecule has 2 amide bonds. The summed E-state index contributed by atoms with van der Waals surface area (Å²) in [4.78, 5) is 27.7. The monoisotopic (exact) mass is 283 g/mol. The third kappa shape index (κ3) is 5.49. The topological polar surface area (TPSA) is 66.6 Å². The molecule has 0 saturated carbocycles. The van der Waals surface area contributed by atoms with Crippen LogP contribution in [0.2, 0.25) is 0 Å². The highest BCUT2D eigenvalue weighted by Crippen LogP contribution is 2.10. The Morgan fingerprint density at radius 3 is 2.05 bits per heavy atom. The summed E-state index contributed by atoms with van der Waals surface area (Å²) in [6.45, 7) is 7.29. The lowest BCUT2D eigenvalue weighted by Crippen LogP contribution is -2.51. The molecule has 20 heavy (non-hydrogen) atoms. The van der Waals surface area contributed by atoms with Crippen molar-refractivity contribution in [3.8, 4) is 0 Å². The molecule has 2 N–H and O–H groups in total. The Labute approximate surface area is 122 Å². The van der Waals surface area contributed by atoms with Gasteiger partial charge in [-0.05, 0) is 19.4 Å². The summed E-state index contributed by atoms with van der Waals surface area (Å²) in [5.41, 5.74) is 5.44. The van der Waals surface area contributed by atoms with Gasteiger partial charge in [0.2, 0.25) is 11.8 Å². The summed E-state index contributed by atoms with van der Waals surface area (Å²) in [7, 11) is 0. The molecular formula is C15H29N3O2. The molecule has 0 spiro atoms. The van der Waals surface area contributed by atoms with Gasteiger partial charge in [-0.25, -0.2) is 0 Å². The lowest BCUT2D eigenvalue weighted by Gasteiger charge is -2.35. The largest absolute Gasteiger partial charge is 0.339 e. The molecule has 5 heteroatoms. The van der Waals surface area contributed by atoms with Crippen LogP contribution in [-0.2, 0) is 9.59 Å². The fourth-order valence-corrected chi connectivity index (χ4v) is 2.47. The number of carbonyl (C=O) groups is 2. The number of hydrogen-bond donors (Lipinski definition) is 1. The molecule has 0 bridgehead atoms. The molecule has 1 fully saturated rings. The molecule has 0 aliphatic carbocycles. The van der Waals surface area contributed by atoms with Gasteiger partial charge in [0.25, 0.3) is 0 Å². The Balaban J connectivity index is 2.20. The van der Waals surface area contributed by atoms with Crippen LogP contribution in [-0.4, -0.2) is 54.3 Å². The van der Waals surface area contributed by atoms with E-state index in [4.69, 9.17) is 5.73 Å². The van der Waals surface area contributed by atoms with E-state index in [0.717, 1.165) is 32.2 Å². The molecule has 0 aromatic heterocycles. The van der Waals surface area contributed by atoms with Crippen LogP contribution in [0.15, 0.2) is 0 Å². The van der Waals surface area contributed by atoms with Crippen LogP contribution in [0, 0.1) is 5.92 Å². The number of hydrogen-bond acceptors (Lipinski definition) is 3. The number of amides is 2. The highest BCUT2D eigenvalue weighted by Gasteiger charge is 2.24. The van der Waals surface area contributed by atoms with Crippen molar-refractivity contribution < 1.29 is 9.59 Å². The minimum atomic E-state index is 0.0415. The van der Waals surface area contributed by atoms with E-state index in [2.05, 4.69) is 0 Å². The second-order valence-electron chi connectivity index (χ2n) is 5.81. The summed E-state index contributed by atoms with van der Waals surface area (Å²) in [6.07, 6.45) is 4.81. The van der Waals surface area contributed by atoms with Gasteiger partial charge in [0, 0.05) is 38.5 Å². The van der Waals surface area contributed by atoms with Crippen LogP contribution >= 0.6 is 0 Å². The molecule has 1 saturated heterocycles. The average molecular weight is 283 g/mol. The van der Waals surface area contributed by atoms with E-state index < -0.39 is 0 Å². The molecule has 0 unspecified atom stereocenters. The number of carbonyl (C=O) groups excluding carboxylic acids is 2. The highest BCUT2D eigenvalue weighted by atomic mass is 16.2. The van der Waals surface area contributed by atoms with Crippen LogP contribution in [0.1, 0.15) is 46.0 Å². The number of nitrogens with two attached hydrogens (primary N) is 1. The van der Waals surface area contributed by atoms with Crippen molar-refractivity contribution in [3.63, 3.8) is 0 Å². The van der Waals surface area contributed by atoms with Gasteiger partial charge in [0.05, 0.1) is 0 Å². The van der Waals surface area contributed by atoms with E-state index >= 15 is 0 Å². The summed E-state index contributed by atoms with van der Waals surface area (Å²) < 4.78 is 0. The first-order chi connectivity index (χ1) is 9.56. The van der Waals surface area contributed by atoms with Crippen LogP contribution < -0.4 is 5.73 Å². The molecule has 1 aliphatic heterocycles. The number of unbranched alkanes of at least 4 members (excludes halogenated alkanes) is 3. The van der Waals surface area contributed by atoms with E-state index in [1.165, 1.54) is 0 Å². The zero-order valence-electron chi connectivity index (χ0n) is 12.9. The maximum absolute atomic E-state index is 12.0. The lowest BCUT2D eigenvalue weighted by atomic mass is 10.1. The summed E-state index contributed by atoms with van der Waals surface area (Å²) >= 11 is 0. The molecule has 1 heterocycles. The van der Waals surface area contributed by atoms with Gasteiger partial charge in [-0.2, -0.15) is 0 Å². The zero-order valence-corrected chi connectivity index (χ0v) is 12.9. The van der Waals surface area contributed by atoms with E-state index in [-0.39, 0.29) is 17.7 Å². The predicted molar refractivity (Wildman–Crippen MR) is 80.1 cm³/mol. The summed E-state index contributed by atoms with van der Waals surface area (Å²) in [5.74, 6) is 0.466. The molecule has 0 aromatic carbocycles. The molecule has 0 atom stereocenters. The summed E-state index contributed by atoms with van der Waals surface area (Å²) in [6, 6.07) is 0. The van der Waals surface area contributed by atoms with Gasteiger partial charge in [0.15, 0.2) is 0 Å². The fraction of sp³-hybridized carbons (Fsp3) is 0.867. The molecule has 5 nitrogen and oxygen atoms in total. The Morgan fingerprint density at radius 2 is 1.50 bits per heavy atom. The maximum atomic E-state index is 12.0. The zero-order chi connectivity index (χ0) is 15.0. The van der Waals surface area contributed by atoms with E-state index in [1.54, 1.807) is 0 Å². The Morgan fingerprint density at radius 1 is 0.950 bits per heavy atom. The van der Waals surface area contributed by atoms with Crippen molar-refractivity contribution in [2.24, 2.45) is 11.7 Å². The van der Waals surface area contributed by atoms with Crippen molar-refractivity contribution in [2.45, 2.75) is 46.0 Å². The van der Waals surface area contributed by atoms with Crippen LogP contribution in [0.4, 0.5) is 0 Å². The van der Waals surface area contributed by atoms with Crippen molar-refractivity contribution in [1.29, 1.82) is 0 Å². The number of nitrogens with zero attached hydrogens (tertiary/aromatic N) is 2. The Bertz CT molecular complexity index is 310. The standard InChI is InChI=1S/C15H29N3O2/c1-13(2)15(20)18-11-9-17(10-12-18)14(19)7-5-3-4-6-8-16/h13H,3-12,16H2,1-2H3. The van der Waals surface area contributed by atoms with Crippen LogP contribution in [0.3, 0.4) is 0 Å². The van der Waals surface area contributed by atoms with E-state index in [1.807, 2.05) is 23.6 Å². The first-order valence-electron chi connectivity index (χ1n) is 7.83. The van der Waals surface area contributed by atoms with Crippen molar-refractivity contribution in [2.75, 3.05) is 32.7 Å². The average Bonchev–Trinajstić information content (AvgIpc) is 2.46. The first kappa shape index (κ1) is 17.0. The third-order valence-corrected chi connectivity index (χ3v) is 3.78. The molecule has 0 aromatic rings. The number of rotatable bonds is 7. The van der Waals surface area contributed by atoms with Crippen LogP contribution in [0.5, 0.6) is 0 Å². The maximum Gasteiger partial charge on any atom is 0.225 e. The Kier molecular flexibility index (Phi) is 7.59. The van der Waals surface area contributed by atoms with Crippen LogP contribution in [0.25, 0.3) is 0 Å². The van der Waals surface area contributed by atoms with Crippen molar-refractivity contribution >= 4 is 11.8 Å². The first-order valence-corrected chi connectivity index (χ1v) is 7.83. The normalized spacial score (nSPS) is 15.8. The van der Waals surface area contributed by atoms with Gasteiger partial charge in [-0.3, -0.25) is 9.59 Å². The van der Waals surface area contributed by atoms with Gasteiger partial charge >= 0.3 is 0 Å². The van der Waals surface area contributed by atoms with Gasteiger partial charge in [-0.1, -0.05) is 26.7 Å². The molecule has 1 rings (SSSR count). The number of piperazine rings is 1. The minimum absolute atomic E-state index is 0.0415. The quantitative estimate of drug-likeness (QED) is 0.714. The smallest absolute Gasteiger partial charge is 0.225 e. The van der Waals surface area contributed by atoms with Gasteiger partial charge in [0.1, 0.15) is 0 Å². The second kappa shape index (κ2) is 8.95. The van der Waals surface area contributed by atoms with E-state index in [9.17, 15) is 9.59 Å². The minimum Gasteiger partial charge on any atom is -0.339 e. The molecule has 116 valence electrons. The molecular weight excluding hydrogens is 254 g/mol. The van der Waals surface area contributed by atoms with Crippen molar-refractivity contribution in [3.05, 3.63) is 0 Å². The van der Waals surface area contributed by atoms with Crippen molar-refractivity contribution in [1.82, 2.24) is 9.80 Å². The highest BCUT2D eigenvalue weighted by molar-refractivity contribution is 5.79. The lowest BCUT2D eigenvalue weighted by molar-refractivity contribution is -0.141. The SMILES string of the molecule is CC(C)C(=O)N1CCN(C(=O)CCCCCCN)CC1. The van der Waals surface area contributed by atoms with Gasteiger partial charge < -0.3 is 15.5 Å². The Hall–Kier alpha value is -1.10. The predicted octanol–water partition coefficient (Wildman–Crippen LogP) is 1.22. The second-order valence-corrected chi connectivity index (χ2v) is 5.81. The van der Waals surface area contributed by atoms with E-state index in [0.29, 0.717) is 32.6 Å². The fourth-order valence-electron chi connectivity index (χ4n) is 2.47.